The lowest BCUT2D eigenvalue weighted by Gasteiger charge is -1.96. The fourth-order valence-electron chi connectivity index (χ4n) is 0.778. The summed E-state index contributed by atoms with van der Waals surface area (Å²) in [6, 6.07) is 4.84. The zero-order valence-corrected chi connectivity index (χ0v) is 8.70. The Balaban J connectivity index is 2.92. The fourth-order valence-corrected chi connectivity index (χ4v) is 1.16. The topological polar surface area (TPSA) is 76.8 Å². The van der Waals surface area contributed by atoms with Crippen molar-refractivity contribution in [3.63, 3.8) is 0 Å². The van der Waals surface area contributed by atoms with Gasteiger partial charge in [0.25, 0.3) is 0 Å². The monoisotopic (exact) mass is 258 g/mol. The van der Waals surface area contributed by atoms with Crippen molar-refractivity contribution in [1.82, 2.24) is 0 Å². The van der Waals surface area contributed by atoms with Crippen molar-refractivity contribution in [3.05, 3.63) is 34.1 Å². The SMILES string of the molecule is NC(N)=NN=Cc1cccc(Br)c1F. The van der Waals surface area contributed by atoms with Gasteiger partial charge in [-0.05, 0) is 22.0 Å². The molecule has 0 unspecified atom stereocenters. The van der Waals surface area contributed by atoms with Gasteiger partial charge in [-0.1, -0.05) is 12.1 Å². The zero-order chi connectivity index (χ0) is 10.6. The molecule has 4 N–H and O–H groups in total. The van der Waals surface area contributed by atoms with E-state index in [2.05, 4.69) is 26.1 Å². The highest BCUT2D eigenvalue weighted by molar-refractivity contribution is 9.10. The van der Waals surface area contributed by atoms with Crippen LogP contribution in [0.2, 0.25) is 0 Å². The molecule has 0 aromatic heterocycles. The van der Waals surface area contributed by atoms with E-state index in [-0.39, 0.29) is 5.96 Å². The zero-order valence-electron chi connectivity index (χ0n) is 7.11. The molecule has 14 heavy (non-hydrogen) atoms. The summed E-state index contributed by atoms with van der Waals surface area (Å²) >= 11 is 3.05. The molecule has 4 nitrogen and oxygen atoms in total. The molecule has 0 aliphatic heterocycles. The summed E-state index contributed by atoms with van der Waals surface area (Å²) in [6.07, 6.45) is 1.24. The number of hydrogen-bond donors (Lipinski definition) is 2. The van der Waals surface area contributed by atoms with E-state index >= 15 is 0 Å². The van der Waals surface area contributed by atoms with Gasteiger partial charge >= 0.3 is 0 Å². The van der Waals surface area contributed by atoms with Crippen LogP contribution in [0.4, 0.5) is 4.39 Å². The Morgan fingerprint density at radius 2 is 2.14 bits per heavy atom. The van der Waals surface area contributed by atoms with Gasteiger partial charge in [-0.25, -0.2) is 4.39 Å². The molecule has 74 valence electrons. The highest BCUT2D eigenvalue weighted by Crippen LogP contribution is 2.16. The summed E-state index contributed by atoms with van der Waals surface area (Å²) in [5, 5.41) is 6.85. The van der Waals surface area contributed by atoms with Crippen LogP contribution in [0, 0.1) is 5.82 Å². The molecule has 1 aromatic rings. The lowest BCUT2D eigenvalue weighted by molar-refractivity contribution is 0.619. The normalized spacial score (nSPS) is 10.4. The molecule has 6 heteroatoms. The maximum Gasteiger partial charge on any atom is 0.211 e. The van der Waals surface area contributed by atoms with Gasteiger partial charge in [-0.2, -0.15) is 5.10 Å². The first-order chi connectivity index (χ1) is 6.61. The van der Waals surface area contributed by atoms with Crippen molar-refractivity contribution in [2.45, 2.75) is 0 Å². The summed E-state index contributed by atoms with van der Waals surface area (Å²) in [5.74, 6) is -0.571. The summed E-state index contributed by atoms with van der Waals surface area (Å²) in [7, 11) is 0. The first-order valence-corrected chi connectivity index (χ1v) is 4.46. The van der Waals surface area contributed by atoms with Crippen LogP contribution in [0.1, 0.15) is 5.56 Å². The Bertz CT molecular complexity index is 385. The second-order valence-electron chi connectivity index (χ2n) is 2.41. The summed E-state index contributed by atoms with van der Waals surface area (Å²) < 4.78 is 13.6. The molecule has 0 aliphatic carbocycles. The van der Waals surface area contributed by atoms with Gasteiger partial charge < -0.3 is 11.5 Å². The van der Waals surface area contributed by atoms with Gasteiger partial charge in [0.15, 0.2) is 0 Å². The van der Waals surface area contributed by atoms with E-state index in [0.29, 0.717) is 10.0 Å². The van der Waals surface area contributed by atoms with Crippen LogP contribution in [0.5, 0.6) is 0 Å². The van der Waals surface area contributed by atoms with Gasteiger partial charge in [-0.3, -0.25) is 0 Å². The summed E-state index contributed by atoms with van der Waals surface area (Å²) in [4.78, 5) is 0. The second kappa shape index (κ2) is 4.71. The van der Waals surface area contributed by atoms with E-state index in [1.807, 2.05) is 0 Å². The van der Waals surface area contributed by atoms with Crippen molar-refractivity contribution in [2.75, 3.05) is 0 Å². The minimum absolute atomic E-state index is 0.170. The lowest BCUT2D eigenvalue weighted by atomic mass is 10.2. The van der Waals surface area contributed by atoms with Gasteiger partial charge in [0.05, 0.1) is 10.7 Å². The number of nitrogens with two attached hydrogens (primary N) is 2. The number of guanidine groups is 1. The largest absolute Gasteiger partial charge is 0.369 e. The smallest absolute Gasteiger partial charge is 0.211 e. The molecule has 0 radical (unpaired) electrons. The van der Waals surface area contributed by atoms with E-state index in [1.165, 1.54) is 6.21 Å². The number of nitrogens with zero attached hydrogens (tertiary/aromatic N) is 2. The quantitative estimate of drug-likeness (QED) is 0.475. The predicted octanol–water partition coefficient (Wildman–Crippen LogP) is 1.20. The van der Waals surface area contributed by atoms with Gasteiger partial charge in [0.1, 0.15) is 5.82 Å². The summed E-state index contributed by atoms with van der Waals surface area (Å²) in [6.45, 7) is 0. The predicted molar refractivity (Wildman–Crippen MR) is 57.5 cm³/mol. The van der Waals surface area contributed by atoms with Crippen LogP contribution in [-0.2, 0) is 0 Å². The highest BCUT2D eigenvalue weighted by atomic mass is 79.9. The van der Waals surface area contributed by atoms with E-state index in [1.54, 1.807) is 18.2 Å². The average molecular weight is 259 g/mol. The third kappa shape index (κ3) is 2.81. The van der Waals surface area contributed by atoms with Crippen molar-refractivity contribution in [3.8, 4) is 0 Å². The molecule has 1 aromatic carbocycles. The van der Waals surface area contributed by atoms with Crippen LogP contribution in [0.25, 0.3) is 0 Å². The molecule has 0 aliphatic rings. The van der Waals surface area contributed by atoms with E-state index in [0.717, 1.165) is 0 Å². The average Bonchev–Trinajstić information content (AvgIpc) is 2.12. The number of rotatable bonds is 2. The Labute approximate surface area is 88.6 Å². The molecular formula is C8H8BrFN4. The molecule has 0 saturated carbocycles. The van der Waals surface area contributed by atoms with Crippen molar-refractivity contribution < 1.29 is 4.39 Å². The van der Waals surface area contributed by atoms with Crippen LogP contribution in [0.3, 0.4) is 0 Å². The van der Waals surface area contributed by atoms with E-state index in [9.17, 15) is 4.39 Å². The molecule has 1 rings (SSSR count). The molecule has 0 fully saturated rings. The summed E-state index contributed by atoms with van der Waals surface area (Å²) in [5.41, 5.74) is 10.4. The van der Waals surface area contributed by atoms with Gasteiger partial charge in [0.2, 0.25) is 5.96 Å². The molecule has 0 atom stereocenters. The molecule has 0 saturated heterocycles. The van der Waals surface area contributed by atoms with Crippen LogP contribution in [0.15, 0.2) is 32.9 Å². The standard InChI is InChI=1S/C8H8BrFN4/c9-6-3-1-2-5(7(6)10)4-13-14-8(11)12/h1-4H,(H4,11,12,14). The molecule has 0 spiro atoms. The fraction of sp³-hybridized carbons (Fsp3) is 0. The maximum atomic E-state index is 13.3. The van der Waals surface area contributed by atoms with Gasteiger partial charge in [0, 0.05) is 5.56 Å². The first kappa shape index (κ1) is 10.6. The lowest BCUT2D eigenvalue weighted by Crippen LogP contribution is -2.21. The number of halogens is 2. The van der Waals surface area contributed by atoms with Crippen LogP contribution < -0.4 is 11.5 Å². The number of hydrogen-bond acceptors (Lipinski definition) is 2. The number of benzene rings is 1. The molecule has 0 bridgehead atoms. The Hall–Kier alpha value is -1.43. The Morgan fingerprint density at radius 3 is 2.79 bits per heavy atom. The van der Waals surface area contributed by atoms with Crippen LogP contribution >= 0.6 is 15.9 Å². The van der Waals surface area contributed by atoms with Crippen molar-refractivity contribution in [2.24, 2.45) is 21.7 Å². The Morgan fingerprint density at radius 1 is 1.43 bits per heavy atom. The minimum atomic E-state index is -0.401. The van der Waals surface area contributed by atoms with Gasteiger partial charge in [-0.15, -0.1) is 5.10 Å². The van der Waals surface area contributed by atoms with E-state index in [4.69, 9.17) is 11.5 Å². The Kier molecular flexibility index (Phi) is 3.58. The van der Waals surface area contributed by atoms with Crippen molar-refractivity contribution in [1.29, 1.82) is 0 Å². The highest BCUT2D eigenvalue weighted by Gasteiger charge is 2.02. The molecule has 0 amide bonds. The van der Waals surface area contributed by atoms with Crippen molar-refractivity contribution >= 4 is 28.1 Å². The minimum Gasteiger partial charge on any atom is -0.369 e. The van der Waals surface area contributed by atoms with E-state index < -0.39 is 5.82 Å². The maximum absolute atomic E-state index is 13.3. The third-order valence-corrected chi connectivity index (χ3v) is 1.96. The molecule has 0 heterocycles. The molecular weight excluding hydrogens is 251 g/mol. The second-order valence-corrected chi connectivity index (χ2v) is 3.27. The third-order valence-electron chi connectivity index (χ3n) is 1.35. The van der Waals surface area contributed by atoms with Crippen LogP contribution in [-0.4, -0.2) is 12.2 Å². The first-order valence-electron chi connectivity index (χ1n) is 3.67.